The zero-order valence-electron chi connectivity index (χ0n) is 15.3. The van der Waals surface area contributed by atoms with E-state index in [0.717, 1.165) is 13.1 Å². The van der Waals surface area contributed by atoms with Gasteiger partial charge in [0.2, 0.25) is 0 Å². The summed E-state index contributed by atoms with van der Waals surface area (Å²) in [7, 11) is -2.02. The van der Waals surface area contributed by atoms with Gasteiger partial charge in [-0.25, -0.2) is 12.8 Å². The lowest BCUT2D eigenvalue weighted by Gasteiger charge is -2.32. The third kappa shape index (κ3) is 4.28. The lowest BCUT2D eigenvalue weighted by Crippen LogP contribution is -2.47. The van der Waals surface area contributed by atoms with Gasteiger partial charge in [-0.15, -0.1) is 0 Å². The predicted molar refractivity (Wildman–Crippen MR) is 102 cm³/mol. The Balaban J connectivity index is 1.88. The number of para-hydroxylation sites is 1. The molecule has 0 aliphatic carbocycles. The normalized spacial score (nSPS) is 15.6. The van der Waals surface area contributed by atoms with Crippen LogP contribution in [0.15, 0.2) is 47.4 Å². The van der Waals surface area contributed by atoms with E-state index in [9.17, 15) is 17.6 Å². The largest absolute Gasteiger partial charge is 0.336 e. The maximum Gasteiger partial charge on any atom is 0.262 e. The number of sulfonamides is 1. The van der Waals surface area contributed by atoms with Crippen LogP contribution in [0.1, 0.15) is 15.9 Å². The third-order valence-electron chi connectivity index (χ3n) is 4.66. The molecule has 144 valence electrons. The number of benzene rings is 2. The van der Waals surface area contributed by atoms with Gasteiger partial charge in [0, 0.05) is 31.7 Å². The first-order chi connectivity index (χ1) is 12.8. The molecule has 27 heavy (non-hydrogen) atoms. The van der Waals surface area contributed by atoms with Crippen molar-refractivity contribution in [3.63, 3.8) is 0 Å². The van der Waals surface area contributed by atoms with Gasteiger partial charge in [0.05, 0.1) is 10.6 Å². The van der Waals surface area contributed by atoms with Crippen molar-refractivity contribution in [2.75, 3.05) is 37.9 Å². The number of rotatable bonds is 4. The van der Waals surface area contributed by atoms with E-state index in [0.29, 0.717) is 24.2 Å². The third-order valence-corrected chi connectivity index (χ3v) is 6.02. The van der Waals surface area contributed by atoms with E-state index in [-0.39, 0.29) is 16.5 Å². The van der Waals surface area contributed by atoms with Crippen molar-refractivity contribution in [2.24, 2.45) is 0 Å². The Labute approximate surface area is 158 Å². The molecular formula is C19H22FN3O3S. The lowest BCUT2D eigenvalue weighted by atomic mass is 10.1. The standard InChI is InChI=1S/C19H22FN3O3S/c1-14-7-8-15(27(25,26)21-18-6-4-3-5-17(18)20)13-16(14)19(24)23-11-9-22(2)10-12-23/h3-8,13,21H,9-12H2,1-2H3. The molecule has 1 heterocycles. The van der Waals surface area contributed by atoms with Crippen LogP contribution in [0.25, 0.3) is 0 Å². The summed E-state index contributed by atoms with van der Waals surface area (Å²) in [4.78, 5) is 16.6. The molecule has 8 heteroatoms. The van der Waals surface area contributed by atoms with Gasteiger partial charge in [0.25, 0.3) is 15.9 Å². The molecule has 3 rings (SSSR count). The summed E-state index contributed by atoms with van der Waals surface area (Å²) in [6.45, 7) is 4.51. The molecule has 1 N–H and O–H groups in total. The Morgan fingerprint density at radius 2 is 1.74 bits per heavy atom. The molecule has 2 aromatic rings. The van der Waals surface area contributed by atoms with E-state index in [1.54, 1.807) is 24.0 Å². The van der Waals surface area contributed by atoms with Gasteiger partial charge in [-0.2, -0.15) is 0 Å². The minimum atomic E-state index is -4.02. The number of hydrogen-bond donors (Lipinski definition) is 1. The molecule has 0 radical (unpaired) electrons. The summed E-state index contributed by atoms with van der Waals surface area (Å²) < 4.78 is 41.3. The minimum Gasteiger partial charge on any atom is -0.336 e. The highest BCUT2D eigenvalue weighted by Crippen LogP contribution is 2.22. The molecule has 1 amide bonds. The number of anilines is 1. The molecule has 0 unspecified atom stereocenters. The van der Waals surface area contributed by atoms with Gasteiger partial charge < -0.3 is 9.80 Å². The first kappa shape index (κ1) is 19.3. The highest BCUT2D eigenvalue weighted by atomic mass is 32.2. The van der Waals surface area contributed by atoms with Crippen LogP contribution in [0.3, 0.4) is 0 Å². The van der Waals surface area contributed by atoms with Gasteiger partial charge in [0.15, 0.2) is 0 Å². The number of nitrogens with one attached hydrogen (secondary N) is 1. The van der Waals surface area contributed by atoms with E-state index in [2.05, 4.69) is 9.62 Å². The molecule has 1 aliphatic heterocycles. The van der Waals surface area contributed by atoms with E-state index >= 15 is 0 Å². The summed E-state index contributed by atoms with van der Waals surface area (Å²) in [6, 6.07) is 9.91. The molecule has 0 atom stereocenters. The first-order valence-corrected chi connectivity index (χ1v) is 10.1. The molecule has 0 saturated carbocycles. The molecule has 1 fully saturated rings. The quantitative estimate of drug-likeness (QED) is 0.869. The monoisotopic (exact) mass is 391 g/mol. The SMILES string of the molecule is Cc1ccc(S(=O)(=O)Nc2ccccc2F)cc1C(=O)N1CCN(C)CC1. The lowest BCUT2D eigenvalue weighted by molar-refractivity contribution is 0.0663. The van der Waals surface area contributed by atoms with Gasteiger partial charge >= 0.3 is 0 Å². The van der Waals surface area contributed by atoms with Crippen molar-refractivity contribution in [2.45, 2.75) is 11.8 Å². The number of nitrogens with zero attached hydrogens (tertiary/aromatic N) is 2. The molecule has 0 aromatic heterocycles. The summed E-state index contributed by atoms with van der Waals surface area (Å²) in [5.41, 5.74) is 0.907. The average Bonchev–Trinajstić information content (AvgIpc) is 2.64. The maximum atomic E-state index is 13.8. The molecule has 2 aromatic carbocycles. The number of amides is 1. The average molecular weight is 391 g/mol. The summed E-state index contributed by atoms with van der Waals surface area (Å²) in [5, 5.41) is 0. The van der Waals surface area contributed by atoms with Crippen LogP contribution >= 0.6 is 0 Å². The maximum absolute atomic E-state index is 13.8. The zero-order chi connectivity index (χ0) is 19.6. The van der Waals surface area contributed by atoms with Crippen LogP contribution in [-0.4, -0.2) is 57.4 Å². The molecule has 1 aliphatic rings. The van der Waals surface area contributed by atoms with E-state index in [1.807, 2.05) is 7.05 Å². The van der Waals surface area contributed by atoms with Crippen molar-refractivity contribution in [3.05, 3.63) is 59.4 Å². The second kappa shape index (κ2) is 7.66. The fourth-order valence-electron chi connectivity index (χ4n) is 2.93. The Kier molecular flexibility index (Phi) is 5.48. The molecule has 0 bridgehead atoms. The topological polar surface area (TPSA) is 69.7 Å². The van der Waals surface area contributed by atoms with E-state index < -0.39 is 15.8 Å². The van der Waals surface area contributed by atoms with Crippen molar-refractivity contribution in [1.29, 1.82) is 0 Å². The van der Waals surface area contributed by atoms with Crippen LogP contribution in [-0.2, 0) is 10.0 Å². The van der Waals surface area contributed by atoms with Crippen LogP contribution in [0, 0.1) is 12.7 Å². The van der Waals surface area contributed by atoms with Crippen molar-refractivity contribution < 1.29 is 17.6 Å². The number of piperazine rings is 1. The van der Waals surface area contributed by atoms with Gasteiger partial charge in [-0.05, 0) is 43.8 Å². The van der Waals surface area contributed by atoms with Gasteiger partial charge in [-0.3, -0.25) is 9.52 Å². The Morgan fingerprint density at radius 3 is 2.41 bits per heavy atom. The van der Waals surface area contributed by atoms with Crippen LogP contribution < -0.4 is 4.72 Å². The highest BCUT2D eigenvalue weighted by molar-refractivity contribution is 7.92. The molecule has 1 saturated heterocycles. The highest BCUT2D eigenvalue weighted by Gasteiger charge is 2.24. The number of likely N-dealkylation sites (N-methyl/N-ethyl adjacent to an activating group) is 1. The van der Waals surface area contributed by atoms with Gasteiger partial charge in [-0.1, -0.05) is 18.2 Å². The van der Waals surface area contributed by atoms with E-state index in [4.69, 9.17) is 0 Å². The van der Waals surface area contributed by atoms with Crippen LogP contribution in [0.5, 0.6) is 0 Å². The molecular weight excluding hydrogens is 369 g/mol. The summed E-state index contributed by atoms with van der Waals surface area (Å²) in [6.07, 6.45) is 0. The Hall–Kier alpha value is -2.45. The Bertz CT molecular complexity index is 954. The van der Waals surface area contributed by atoms with Crippen molar-refractivity contribution in [3.8, 4) is 0 Å². The summed E-state index contributed by atoms with van der Waals surface area (Å²) in [5.74, 6) is -0.856. The second-order valence-corrected chi connectivity index (χ2v) is 8.34. The van der Waals surface area contributed by atoms with Crippen LogP contribution in [0.2, 0.25) is 0 Å². The van der Waals surface area contributed by atoms with Gasteiger partial charge in [0.1, 0.15) is 5.82 Å². The molecule has 6 nitrogen and oxygen atoms in total. The minimum absolute atomic E-state index is 0.0752. The molecule has 0 spiro atoms. The number of carbonyl (C=O) groups is 1. The second-order valence-electron chi connectivity index (χ2n) is 6.66. The summed E-state index contributed by atoms with van der Waals surface area (Å²) >= 11 is 0. The fraction of sp³-hybridized carbons (Fsp3) is 0.316. The number of hydrogen-bond acceptors (Lipinski definition) is 4. The van der Waals surface area contributed by atoms with Crippen molar-refractivity contribution >= 4 is 21.6 Å². The smallest absolute Gasteiger partial charge is 0.262 e. The first-order valence-electron chi connectivity index (χ1n) is 8.64. The van der Waals surface area contributed by atoms with Crippen molar-refractivity contribution in [1.82, 2.24) is 9.80 Å². The number of halogens is 1. The Morgan fingerprint density at radius 1 is 1.07 bits per heavy atom. The number of carbonyl (C=O) groups excluding carboxylic acids is 1. The van der Waals surface area contributed by atoms with Crippen LogP contribution in [0.4, 0.5) is 10.1 Å². The number of aryl methyl sites for hydroxylation is 1. The zero-order valence-corrected chi connectivity index (χ0v) is 16.1. The predicted octanol–water partition coefficient (Wildman–Crippen LogP) is 2.32. The van der Waals surface area contributed by atoms with E-state index in [1.165, 1.54) is 30.3 Å². The fourth-order valence-corrected chi connectivity index (χ4v) is 4.02.